The molecule has 18 heavy (non-hydrogen) atoms. The summed E-state index contributed by atoms with van der Waals surface area (Å²) in [6, 6.07) is 14.8. The average molecular weight is 306 g/mol. The van der Waals surface area contributed by atoms with E-state index >= 15 is 0 Å². The predicted molar refractivity (Wildman–Crippen MR) is 74.6 cm³/mol. The van der Waals surface area contributed by atoms with E-state index in [9.17, 15) is 5.11 Å². The van der Waals surface area contributed by atoms with E-state index in [2.05, 4.69) is 21.1 Å². The van der Waals surface area contributed by atoms with E-state index in [4.69, 9.17) is 4.84 Å². The lowest BCUT2D eigenvalue weighted by molar-refractivity contribution is 0.132. The summed E-state index contributed by atoms with van der Waals surface area (Å²) in [7, 11) is 0. The van der Waals surface area contributed by atoms with Gasteiger partial charge in [-0.1, -0.05) is 45.4 Å². The van der Waals surface area contributed by atoms with Crippen LogP contribution < -0.4 is 0 Å². The number of benzene rings is 2. The van der Waals surface area contributed by atoms with E-state index in [-0.39, 0.29) is 5.75 Å². The first-order valence-corrected chi connectivity index (χ1v) is 6.23. The van der Waals surface area contributed by atoms with Crippen molar-refractivity contribution in [3.8, 4) is 5.75 Å². The van der Waals surface area contributed by atoms with Crippen LogP contribution in [0.4, 0.5) is 0 Å². The lowest BCUT2D eigenvalue weighted by Crippen LogP contribution is -1.88. The van der Waals surface area contributed by atoms with E-state index in [0.29, 0.717) is 12.2 Å². The van der Waals surface area contributed by atoms with Crippen LogP contribution in [0.2, 0.25) is 0 Å². The monoisotopic (exact) mass is 305 g/mol. The number of aromatic hydroxyl groups is 1. The molecule has 0 aliphatic carbocycles. The second-order valence-corrected chi connectivity index (χ2v) is 4.61. The summed E-state index contributed by atoms with van der Waals surface area (Å²) in [6.45, 7) is 0.400. The Bertz CT molecular complexity index is 538. The van der Waals surface area contributed by atoms with E-state index in [1.165, 1.54) is 6.21 Å². The molecule has 0 aromatic heterocycles. The molecule has 0 fully saturated rings. The minimum atomic E-state index is 0.188. The number of nitrogens with zero attached hydrogens (tertiary/aromatic N) is 1. The molecule has 2 aromatic rings. The summed E-state index contributed by atoms with van der Waals surface area (Å²) in [5, 5.41) is 13.3. The van der Waals surface area contributed by atoms with Crippen LogP contribution in [0.3, 0.4) is 0 Å². The van der Waals surface area contributed by atoms with Crippen molar-refractivity contribution < 1.29 is 9.94 Å². The van der Waals surface area contributed by atoms with Crippen LogP contribution >= 0.6 is 15.9 Å². The van der Waals surface area contributed by atoms with Crippen LogP contribution in [0.25, 0.3) is 0 Å². The van der Waals surface area contributed by atoms with Gasteiger partial charge in [0.05, 0.1) is 6.21 Å². The van der Waals surface area contributed by atoms with Gasteiger partial charge in [0, 0.05) is 10.0 Å². The van der Waals surface area contributed by atoms with Crippen molar-refractivity contribution in [2.24, 2.45) is 5.16 Å². The Morgan fingerprint density at radius 2 is 1.83 bits per heavy atom. The van der Waals surface area contributed by atoms with Crippen LogP contribution in [0.5, 0.6) is 5.75 Å². The lowest BCUT2D eigenvalue weighted by atomic mass is 10.2. The third-order valence-corrected chi connectivity index (χ3v) is 2.88. The summed E-state index contributed by atoms with van der Waals surface area (Å²) in [5.74, 6) is 0.188. The highest BCUT2D eigenvalue weighted by molar-refractivity contribution is 9.10. The quantitative estimate of drug-likeness (QED) is 0.691. The molecule has 0 heterocycles. The molecule has 0 saturated heterocycles. The fraction of sp³-hybridized carbons (Fsp3) is 0.0714. The molecule has 4 heteroatoms. The van der Waals surface area contributed by atoms with Gasteiger partial charge in [0.25, 0.3) is 0 Å². The molecular weight excluding hydrogens is 294 g/mol. The standard InChI is InChI=1S/C14H12BrNO2/c15-13-7-5-11(6-8-13)10-18-16-9-12-3-1-2-4-14(12)17/h1-9,17H,10H2/b16-9+. The molecule has 0 atom stereocenters. The highest BCUT2D eigenvalue weighted by Crippen LogP contribution is 2.13. The van der Waals surface area contributed by atoms with E-state index < -0.39 is 0 Å². The molecule has 0 spiro atoms. The first-order chi connectivity index (χ1) is 8.75. The van der Waals surface area contributed by atoms with Crippen molar-refractivity contribution in [1.82, 2.24) is 0 Å². The number of phenols is 1. The van der Waals surface area contributed by atoms with Gasteiger partial charge in [-0.15, -0.1) is 0 Å². The predicted octanol–water partition coefficient (Wildman–Crippen LogP) is 3.71. The molecule has 0 radical (unpaired) electrons. The molecular formula is C14H12BrNO2. The number of hydrogen-bond donors (Lipinski definition) is 1. The number of para-hydroxylation sites is 1. The van der Waals surface area contributed by atoms with Gasteiger partial charge in [-0.3, -0.25) is 0 Å². The zero-order valence-corrected chi connectivity index (χ0v) is 11.2. The summed E-state index contributed by atoms with van der Waals surface area (Å²) in [5.41, 5.74) is 1.67. The topological polar surface area (TPSA) is 41.8 Å². The third kappa shape index (κ3) is 3.60. The second kappa shape index (κ2) is 6.21. The van der Waals surface area contributed by atoms with Crippen molar-refractivity contribution >= 4 is 22.1 Å². The molecule has 2 aromatic carbocycles. The molecule has 0 aliphatic heterocycles. The number of rotatable bonds is 4. The fourth-order valence-electron chi connectivity index (χ4n) is 1.38. The normalized spacial score (nSPS) is 10.7. The summed E-state index contributed by atoms with van der Waals surface area (Å²) >= 11 is 3.37. The van der Waals surface area contributed by atoms with Crippen LogP contribution in [0, 0.1) is 0 Å². The lowest BCUT2D eigenvalue weighted by Gasteiger charge is -2.00. The molecule has 0 bridgehead atoms. The van der Waals surface area contributed by atoms with Crippen molar-refractivity contribution in [1.29, 1.82) is 0 Å². The number of phenolic OH excluding ortho intramolecular Hbond substituents is 1. The van der Waals surface area contributed by atoms with Gasteiger partial charge in [-0.25, -0.2) is 0 Å². The minimum Gasteiger partial charge on any atom is -0.507 e. The van der Waals surface area contributed by atoms with Gasteiger partial charge in [-0.05, 0) is 29.8 Å². The Balaban J connectivity index is 1.89. The van der Waals surface area contributed by atoms with Crippen molar-refractivity contribution in [2.45, 2.75) is 6.61 Å². The van der Waals surface area contributed by atoms with Gasteiger partial charge in [0.1, 0.15) is 12.4 Å². The van der Waals surface area contributed by atoms with Crippen LogP contribution in [0.1, 0.15) is 11.1 Å². The Morgan fingerprint density at radius 1 is 1.11 bits per heavy atom. The molecule has 0 unspecified atom stereocenters. The third-order valence-electron chi connectivity index (χ3n) is 2.35. The average Bonchev–Trinajstić information content (AvgIpc) is 2.39. The Morgan fingerprint density at radius 3 is 2.56 bits per heavy atom. The van der Waals surface area contributed by atoms with E-state index in [0.717, 1.165) is 10.0 Å². The van der Waals surface area contributed by atoms with E-state index in [1.54, 1.807) is 18.2 Å². The molecule has 92 valence electrons. The SMILES string of the molecule is Oc1ccccc1/C=N/OCc1ccc(Br)cc1. The zero-order chi connectivity index (χ0) is 12.8. The Kier molecular flexibility index (Phi) is 4.36. The van der Waals surface area contributed by atoms with Crippen molar-refractivity contribution in [2.75, 3.05) is 0 Å². The maximum absolute atomic E-state index is 9.51. The number of oxime groups is 1. The number of hydrogen-bond acceptors (Lipinski definition) is 3. The zero-order valence-electron chi connectivity index (χ0n) is 9.58. The molecule has 0 aliphatic rings. The molecule has 0 saturated carbocycles. The summed E-state index contributed by atoms with van der Waals surface area (Å²) < 4.78 is 1.03. The van der Waals surface area contributed by atoms with Crippen LogP contribution in [0.15, 0.2) is 58.2 Å². The van der Waals surface area contributed by atoms with Gasteiger partial charge in [0.2, 0.25) is 0 Å². The van der Waals surface area contributed by atoms with Gasteiger partial charge in [0.15, 0.2) is 0 Å². The fourth-order valence-corrected chi connectivity index (χ4v) is 1.65. The molecule has 0 amide bonds. The highest BCUT2D eigenvalue weighted by atomic mass is 79.9. The van der Waals surface area contributed by atoms with E-state index in [1.807, 2.05) is 30.3 Å². The van der Waals surface area contributed by atoms with Gasteiger partial charge in [-0.2, -0.15) is 0 Å². The smallest absolute Gasteiger partial charge is 0.142 e. The summed E-state index contributed by atoms with van der Waals surface area (Å²) in [6.07, 6.45) is 1.49. The van der Waals surface area contributed by atoms with Crippen LogP contribution in [-0.4, -0.2) is 11.3 Å². The number of halogens is 1. The van der Waals surface area contributed by atoms with Gasteiger partial charge < -0.3 is 9.94 Å². The second-order valence-electron chi connectivity index (χ2n) is 3.69. The first kappa shape index (κ1) is 12.6. The molecule has 1 N–H and O–H groups in total. The molecule has 3 nitrogen and oxygen atoms in total. The van der Waals surface area contributed by atoms with Gasteiger partial charge >= 0.3 is 0 Å². The first-order valence-electron chi connectivity index (χ1n) is 5.43. The minimum absolute atomic E-state index is 0.188. The Labute approximate surface area is 114 Å². The van der Waals surface area contributed by atoms with Crippen LogP contribution in [-0.2, 0) is 11.4 Å². The maximum Gasteiger partial charge on any atom is 0.142 e. The largest absolute Gasteiger partial charge is 0.507 e. The molecule has 2 rings (SSSR count). The van der Waals surface area contributed by atoms with Crippen molar-refractivity contribution in [3.63, 3.8) is 0 Å². The van der Waals surface area contributed by atoms with Crippen molar-refractivity contribution in [3.05, 3.63) is 64.1 Å². The summed E-state index contributed by atoms with van der Waals surface area (Å²) in [4.78, 5) is 5.16. The maximum atomic E-state index is 9.51. The Hall–Kier alpha value is -1.81. The highest BCUT2D eigenvalue weighted by Gasteiger charge is 1.95.